The summed E-state index contributed by atoms with van der Waals surface area (Å²) in [6, 6.07) is 8.17. The van der Waals surface area contributed by atoms with Crippen molar-refractivity contribution in [3.63, 3.8) is 0 Å². The topological polar surface area (TPSA) is 50.9 Å². The number of pyridine rings is 1. The van der Waals surface area contributed by atoms with Crippen LogP contribution in [0, 0.1) is 20.8 Å². The number of nitrogens with two attached hydrogens (primary N) is 1. The average Bonchev–Trinajstić information content (AvgIpc) is 2.22. The molecule has 0 atom stereocenters. The first kappa shape index (κ1) is 11.5. The van der Waals surface area contributed by atoms with Crippen LogP contribution in [-0.2, 0) is 0 Å². The van der Waals surface area contributed by atoms with Crippen LogP contribution in [0.4, 0.5) is 17.2 Å². The molecule has 0 unspecified atom stereocenters. The van der Waals surface area contributed by atoms with Gasteiger partial charge in [-0.05, 0) is 49.6 Å². The van der Waals surface area contributed by atoms with Crippen LogP contribution >= 0.6 is 0 Å². The van der Waals surface area contributed by atoms with Gasteiger partial charge in [0.1, 0.15) is 5.82 Å². The predicted molar refractivity (Wildman–Crippen MR) is 72.6 cm³/mol. The van der Waals surface area contributed by atoms with E-state index in [2.05, 4.69) is 42.3 Å². The van der Waals surface area contributed by atoms with Crippen molar-refractivity contribution in [1.82, 2.24) is 4.98 Å². The van der Waals surface area contributed by atoms with Gasteiger partial charge in [0.25, 0.3) is 0 Å². The fourth-order valence-electron chi connectivity index (χ4n) is 1.80. The number of aromatic nitrogens is 1. The van der Waals surface area contributed by atoms with Crippen LogP contribution in [0.15, 0.2) is 30.5 Å². The van der Waals surface area contributed by atoms with Gasteiger partial charge in [-0.15, -0.1) is 0 Å². The van der Waals surface area contributed by atoms with Crippen molar-refractivity contribution in [2.24, 2.45) is 0 Å². The minimum Gasteiger partial charge on any atom is -0.398 e. The van der Waals surface area contributed by atoms with Gasteiger partial charge in [0.2, 0.25) is 0 Å². The van der Waals surface area contributed by atoms with E-state index >= 15 is 0 Å². The zero-order chi connectivity index (χ0) is 12.4. The third-order valence-corrected chi connectivity index (χ3v) is 2.64. The fourth-order valence-corrected chi connectivity index (χ4v) is 1.80. The molecular formula is C14H17N3. The highest BCUT2D eigenvalue weighted by atomic mass is 15.0. The molecule has 3 heteroatoms. The maximum absolute atomic E-state index is 5.85. The Labute approximate surface area is 102 Å². The summed E-state index contributed by atoms with van der Waals surface area (Å²) in [5.41, 5.74) is 11.1. The van der Waals surface area contributed by atoms with Crippen molar-refractivity contribution in [3.8, 4) is 0 Å². The van der Waals surface area contributed by atoms with E-state index < -0.39 is 0 Å². The van der Waals surface area contributed by atoms with Crippen LogP contribution in [0.3, 0.4) is 0 Å². The van der Waals surface area contributed by atoms with Gasteiger partial charge in [0.15, 0.2) is 0 Å². The number of aryl methyl sites for hydroxylation is 3. The first-order chi connectivity index (χ1) is 8.04. The van der Waals surface area contributed by atoms with Crippen LogP contribution in [0.2, 0.25) is 0 Å². The normalized spacial score (nSPS) is 10.3. The van der Waals surface area contributed by atoms with Gasteiger partial charge < -0.3 is 11.1 Å². The number of rotatable bonds is 2. The van der Waals surface area contributed by atoms with Crippen molar-refractivity contribution in [1.29, 1.82) is 0 Å². The summed E-state index contributed by atoms with van der Waals surface area (Å²) < 4.78 is 0. The van der Waals surface area contributed by atoms with E-state index in [1.807, 2.05) is 13.0 Å². The Morgan fingerprint density at radius 3 is 2.24 bits per heavy atom. The quantitative estimate of drug-likeness (QED) is 0.827. The van der Waals surface area contributed by atoms with Gasteiger partial charge in [-0.3, -0.25) is 0 Å². The van der Waals surface area contributed by atoms with E-state index in [0.717, 1.165) is 22.8 Å². The molecule has 17 heavy (non-hydrogen) atoms. The lowest BCUT2D eigenvalue weighted by atomic mass is 10.1. The van der Waals surface area contributed by atoms with Crippen LogP contribution in [0.25, 0.3) is 0 Å². The summed E-state index contributed by atoms with van der Waals surface area (Å²) in [4.78, 5) is 4.30. The molecule has 1 heterocycles. The Hall–Kier alpha value is -2.03. The Morgan fingerprint density at radius 2 is 1.65 bits per heavy atom. The monoisotopic (exact) mass is 227 g/mol. The first-order valence-electron chi connectivity index (χ1n) is 5.62. The van der Waals surface area contributed by atoms with Crippen LogP contribution < -0.4 is 11.1 Å². The molecule has 0 spiro atoms. The Balaban J connectivity index is 2.28. The number of nitrogen functional groups attached to an aromatic ring is 1. The van der Waals surface area contributed by atoms with Crippen molar-refractivity contribution in [3.05, 3.63) is 47.2 Å². The minimum atomic E-state index is 0.756. The molecule has 88 valence electrons. The number of nitrogens with zero attached hydrogens (tertiary/aromatic N) is 1. The maximum Gasteiger partial charge on any atom is 0.132 e. The molecule has 0 aliphatic heterocycles. The zero-order valence-electron chi connectivity index (χ0n) is 10.4. The maximum atomic E-state index is 5.85. The Bertz CT molecular complexity index is 527. The van der Waals surface area contributed by atoms with Crippen molar-refractivity contribution < 1.29 is 0 Å². The highest BCUT2D eigenvalue weighted by molar-refractivity contribution is 5.62. The molecule has 3 nitrogen and oxygen atoms in total. The highest BCUT2D eigenvalue weighted by Crippen LogP contribution is 2.20. The molecule has 0 aliphatic rings. The molecule has 0 bridgehead atoms. The molecular weight excluding hydrogens is 210 g/mol. The van der Waals surface area contributed by atoms with E-state index in [9.17, 15) is 0 Å². The lowest BCUT2D eigenvalue weighted by molar-refractivity contribution is 1.26. The molecule has 1 aromatic heterocycles. The van der Waals surface area contributed by atoms with Crippen LogP contribution in [-0.4, -0.2) is 4.98 Å². The molecule has 0 saturated heterocycles. The van der Waals surface area contributed by atoms with Gasteiger partial charge in [0, 0.05) is 23.6 Å². The van der Waals surface area contributed by atoms with Crippen LogP contribution in [0.1, 0.15) is 16.7 Å². The summed E-state index contributed by atoms with van der Waals surface area (Å²) in [5, 5.41) is 3.26. The number of benzene rings is 1. The average molecular weight is 227 g/mol. The predicted octanol–water partition coefficient (Wildman–Crippen LogP) is 3.33. The molecule has 2 rings (SSSR count). The lowest BCUT2D eigenvalue weighted by Gasteiger charge is -2.09. The summed E-state index contributed by atoms with van der Waals surface area (Å²) in [7, 11) is 0. The Kier molecular flexibility index (Phi) is 3.00. The zero-order valence-corrected chi connectivity index (χ0v) is 10.4. The molecule has 0 radical (unpaired) electrons. The number of hydrogen-bond donors (Lipinski definition) is 2. The van der Waals surface area contributed by atoms with E-state index in [1.54, 1.807) is 6.20 Å². The summed E-state index contributed by atoms with van der Waals surface area (Å²) in [5.74, 6) is 0.776. The van der Waals surface area contributed by atoms with Crippen molar-refractivity contribution in [2.45, 2.75) is 20.8 Å². The third-order valence-electron chi connectivity index (χ3n) is 2.64. The molecule has 0 aliphatic carbocycles. The van der Waals surface area contributed by atoms with E-state index in [4.69, 9.17) is 5.73 Å². The molecule has 0 fully saturated rings. The fraction of sp³-hybridized carbons (Fsp3) is 0.214. The van der Waals surface area contributed by atoms with Crippen molar-refractivity contribution in [2.75, 3.05) is 11.1 Å². The first-order valence-corrected chi connectivity index (χ1v) is 5.62. The lowest BCUT2D eigenvalue weighted by Crippen LogP contribution is -1.98. The van der Waals surface area contributed by atoms with Crippen molar-refractivity contribution >= 4 is 17.2 Å². The van der Waals surface area contributed by atoms with Crippen LogP contribution in [0.5, 0.6) is 0 Å². The largest absolute Gasteiger partial charge is 0.398 e. The van der Waals surface area contributed by atoms with Gasteiger partial charge >= 0.3 is 0 Å². The molecule has 2 aromatic rings. The number of anilines is 3. The SMILES string of the molecule is Cc1cc(C)cc(Nc2cc(N)c(C)cn2)c1. The van der Waals surface area contributed by atoms with E-state index in [1.165, 1.54) is 11.1 Å². The summed E-state index contributed by atoms with van der Waals surface area (Å²) in [6.07, 6.45) is 1.78. The van der Waals surface area contributed by atoms with Gasteiger partial charge in [0.05, 0.1) is 0 Å². The Morgan fingerprint density at radius 1 is 1.00 bits per heavy atom. The highest BCUT2D eigenvalue weighted by Gasteiger charge is 2.00. The van der Waals surface area contributed by atoms with Gasteiger partial charge in [-0.25, -0.2) is 4.98 Å². The standard InChI is InChI=1S/C14H17N3/c1-9-4-10(2)6-12(5-9)17-14-7-13(15)11(3)8-16-14/h4-8H,1-3H3,(H3,15,16,17). The second-order valence-corrected chi connectivity index (χ2v) is 4.43. The summed E-state index contributed by atoms with van der Waals surface area (Å²) in [6.45, 7) is 6.10. The minimum absolute atomic E-state index is 0.756. The number of nitrogens with one attached hydrogen (secondary N) is 1. The molecule has 3 N–H and O–H groups in total. The second-order valence-electron chi connectivity index (χ2n) is 4.43. The van der Waals surface area contributed by atoms with Gasteiger partial charge in [-0.1, -0.05) is 6.07 Å². The molecule has 1 aromatic carbocycles. The molecule has 0 amide bonds. The number of hydrogen-bond acceptors (Lipinski definition) is 3. The van der Waals surface area contributed by atoms with E-state index in [0.29, 0.717) is 0 Å². The van der Waals surface area contributed by atoms with E-state index in [-0.39, 0.29) is 0 Å². The third kappa shape index (κ3) is 2.75. The smallest absolute Gasteiger partial charge is 0.132 e. The van der Waals surface area contributed by atoms with Gasteiger partial charge in [-0.2, -0.15) is 0 Å². The second kappa shape index (κ2) is 4.45. The summed E-state index contributed by atoms with van der Waals surface area (Å²) >= 11 is 0. The molecule has 0 saturated carbocycles.